The Morgan fingerprint density at radius 1 is 1.00 bits per heavy atom. The Labute approximate surface area is 134 Å². The first-order valence-electron chi connectivity index (χ1n) is 9.43. The average Bonchev–Trinajstić information content (AvgIpc) is 2.82. The Balaban J connectivity index is 1.62. The maximum absolute atomic E-state index is 10.5. The highest BCUT2D eigenvalue weighted by molar-refractivity contribution is 5.85. The second-order valence-corrected chi connectivity index (χ2v) is 9.19. The van der Waals surface area contributed by atoms with E-state index in [1.165, 1.54) is 44.2 Å². The van der Waals surface area contributed by atoms with Gasteiger partial charge in [0.25, 0.3) is 0 Å². The summed E-state index contributed by atoms with van der Waals surface area (Å²) in [4.78, 5) is 0. The van der Waals surface area contributed by atoms with Crippen molar-refractivity contribution in [3.63, 3.8) is 0 Å². The minimum Gasteiger partial charge on any atom is -0.393 e. The fraction of sp³-hybridized carbons (Fsp3) is 0.947. The second-order valence-electron chi connectivity index (χ2n) is 9.19. The third-order valence-corrected chi connectivity index (χ3v) is 8.63. The predicted octanol–water partition coefficient (Wildman–Crippen LogP) is 3.70. The van der Waals surface area contributed by atoms with E-state index >= 15 is 0 Å². The topological polar surface area (TPSA) is 58.6 Å². The number of rotatable bonds is 0. The van der Waals surface area contributed by atoms with E-state index in [-0.39, 0.29) is 11.5 Å². The van der Waals surface area contributed by atoms with Crippen LogP contribution in [0.1, 0.15) is 71.6 Å². The van der Waals surface area contributed by atoms with Gasteiger partial charge in [-0.3, -0.25) is 0 Å². The van der Waals surface area contributed by atoms with Gasteiger partial charge in [-0.05, 0) is 92.3 Å². The normalized spacial score (nSPS) is 56.3. The monoisotopic (exact) mass is 304 g/mol. The molecule has 4 rings (SSSR count). The van der Waals surface area contributed by atoms with Crippen molar-refractivity contribution < 1.29 is 5.11 Å². The molecule has 7 unspecified atom stereocenters. The molecule has 0 aromatic heterocycles. The van der Waals surface area contributed by atoms with Crippen molar-refractivity contribution in [1.29, 1.82) is 0 Å². The maximum atomic E-state index is 10.5. The number of nitrogens with two attached hydrogens (primary N) is 1. The number of hydrogen-bond donors (Lipinski definition) is 2. The molecule has 0 aromatic carbocycles. The molecule has 124 valence electrons. The summed E-state index contributed by atoms with van der Waals surface area (Å²) in [6.07, 6.45) is 11.1. The minimum atomic E-state index is -0.0497. The van der Waals surface area contributed by atoms with Crippen molar-refractivity contribution in [2.75, 3.05) is 0 Å². The van der Waals surface area contributed by atoms with Gasteiger partial charge in [0, 0.05) is 5.71 Å². The van der Waals surface area contributed by atoms with Crippen LogP contribution in [0.3, 0.4) is 0 Å². The van der Waals surface area contributed by atoms with Crippen LogP contribution in [-0.4, -0.2) is 16.9 Å². The Morgan fingerprint density at radius 3 is 2.55 bits per heavy atom. The highest BCUT2D eigenvalue weighted by Crippen LogP contribution is 2.65. The van der Waals surface area contributed by atoms with Gasteiger partial charge in [-0.15, -0.1) is 0 Å². The van der Waals surface area contributed by atoms with Crippen LogP contribution in [0.2, 0.25) is 0 Å². The highest BCUT2D eigenvalue weighted by Gasteiger charge is 2.59. The highest BCUT2D eigenvalue weighted by atomic mass is 16.3. The first-order chi connectivity index (χ1) is 10.5. The van der Waals surface area contributed by atoms with Crippen LogP contribution < -0.4 is 5.84 Å². The molecule has 22 heavy (non-hydrogen) atoms. The molecule has 4 saturated carbocycles. The lowest BCUT2D eigenvalue weighted by Gasteiger charge is -2.60. The van der Waals surface area contributed by atoms with E-state index in [4.69, 9.17) is 5.84 Å². The largest absolute Gasteiger partial charge is 0.393 e. The SMILES string of the molecule is CC12CCC3C(CCC4CC(=NN)CCC43C)C1CCC2O. The molecule has 0 aromatic rings. The van der Waals surface area contributed by atoms with Gasteiger partial charge in [-0.2, -0.15) is 5.10 Å². The number of fused-ring (bicyclic) bond motifs is 5. The van der Waals surface area contributed by atoms with Crippen molar-refractivity contribution in [3.05, 3.63) is 0 Å². The molecule has 0 amide bonds. The summed E-state index contributed by atoms with van der Waals surface area (Å²) >= 11 is 0. The molecule has 4 aliphatic carbocycles. The molecule has 0 spiro atoms. The average molecular weight is 304 g/mol. The third kappa shape index (κ3) is 1.87. The first kappa shape index (κ1) is 15.0. The van der Waals surface area contributed by atoms with Crippen LogP contribution >= 0.6 is 0 Å². The van der Waals surface area contributed by atoms with Crippen LogP contribution in [0.4, 0.5) is 0 Å². The molecule has 4 aliphatic rings. The van der Waals surface area contributed by atoms with E-state index in [2.05, 4.69) is 18.9 Å². The van der Waals surface area contributed by atoms with E-state index in [0.717, 1.165) is 42.9 Å². The fourth-order valence-electron chi connectivity index (χ4n) is 7.15. The van der Waals surface area contributed by atoms with E-state index in [1.807, 2.05) is 0 Å². The quantitative estimate of drug-likeness (QED) is 0.529. The Bertz CT molecular complexity index is 490. The second kappa shape index (κ2) is 4.96. The maximum Gasteiger partial charge on any atom is 0.0596 e. The Hall–Kier alpha value is -0.570. The number of hydrogen-bond acceptors (Lipinski definition) is 3. The first-order valence-corrected chi connectivity index (χ1v) is 9.43. The lowest BCUT2D eigenvalue weighted by atomic mass is 9.45. The molecule has 0 aliphatic heterocycles. The van der Waals surface area contributed by atoms with E-state index in [0.29, 0.717) is 5.41 Å². The van der Waals surface area contributed by atoms with Crippen molar-refractivity contribution in [3.8, 4) is 0 Å². The molecule has 0 bridgehead atoms. The third-order valence-electron chi connectivity index (χ3n) is 8.63. The van der Waals surface area contributed by atoms with Crippen molar-refractivity contribution in [1.82, 2.24) is 0 Å². The number of nitrogens with zero attached hydrogens (tertiary/aromatic N) is 1. The minimum absolute atomic E-state index is 0.0497. The molecule has 4 fully saturated rings. The zero-order chi connectivity index (χ0) is 15.5. The van der Waals surface area contributed by atoms with E-state index in [9.17, 15) is 5.11 Å². The zero-order valence-corrected chi connectivity index (χ0v) is 14.2. The van der Waals surface area contributed by atoms with Crippen molar-refractivity contribution in [2.24, 2.45) is 45.4 Å². The number of hydrazone groups is 1. The summed E-state index contributed by atoms with van der Waals surface area (Å²) < 4.78 is 0. The standard InChI is InChI=1S/C19H32N2O/c1-18-9-7-13(21-20)11-12(18)3-4-14-15-5-6-17(22)19(15,2)10-8-16(14)18/h12,14-17,22H,3-11,20H2,1-2H3. The molecule has 3 nitrogen and oxygen atoms in total. The van der Waals surface area contributed by atoms with Gasteiger partial charge in [-0.1, -0.05) is 13.8 Å². The zero-order valence-electron chi connectivity index (χ0n) is 14.2. The molecule has 7 atom stereocenters. The summed E-state index contributed by atoms with van der Waals surface area (Å²) in [5.41, 5.74) is 1.95. The van der Waals surface area contributed by atoms with Crippen LogP contribution in [0.15, 0.2) is 5.10 Å². The molecular weight excluding hydrogens is 272 g/mol. The predicted molar refractivity (Wildman–Crippen MR) is 89.4 cm³/mol. The van der Waals surface area contributed by atoms with E-state index < -0.39 is 0 Å². The smallest absolute Gasteiger partial charge is 0.0596 e. The van der Waals surface area contributed by atoms with Crippen LogP contribution in [0.25, 0.3) is 0 Å². The lowest BCUT2D eigenvalue weighted by molar-refractivity contribution is -0.112. The van der Waals surface area contributed by atoms with Gasteiger partial charge < -0.3 is 10.9 Å². The van der Waals surface area contributed by atoms with Gasteiger partial charge in [0.1, 0.15) is 0 Å². The number of aliphatic hydroxyl groups is 1. The van der Waals surface area contributed by atoms with Gasteiger partial charge in [0.05, 0.1) is 6.10 Å². The summed E-state index contributed by atoms with van der Waals surface area (Å²) in [7, 11) is 0. The van der Waals surface area contributed by atoms with Gasteiger partial charge in [-0.25, -0.2) is 0 Å². The van der Waals surface area contributed by atoms with Crippen molar-refractivity contribution in [2.45, 2.75) is 77.7 Å². The lowest BCUT2D eigenvalue weighted by Crippen LogP contribution is -2.54. The van der Waals surface area contributed by atoms with Crippen LogP contribution in [0, 0.1) is 34.5 Å². The van der Waals surface area contributed by atoms with Crippen LogP contribution in [-0.2, 0) is 0 Å². The molecule has 3 heteroatoms. The van der Waals surface area contributed by atoms with Gasteiger partial charge in [0.15, 0.2) is 0 Å². The molecule has 0 heterocycles. The van der Waals surface area contributed by atoms with Gasteiger partial charge in [0.2, 0.25) is 0 Å². The summed E-state index contributed by atoms with van der Waals surface area (Å²) in [6, 6.07) is 0. The van der Waals surface area contributed by atoms with Gasteiger partial charge >= 0.3 is 0 Å². The fourth-order valence-corrected chi connectivity index (χ4v) is 7.15. The van der Waals surface area contributed by atoms with Crippen LogP contribution in [0.5, 0.6) is 0 Å². The molecular formula is C19H32N2O. The molecule has 0 radical (unpaired) electrons. The van der Waals surface area contributed by atoms with E-state index in [1.54, 1.807) is 0 Å². The summed E-state index contributed by atoms with van der Waals surface area (Å²) in [5.74, 6) is 8.85. The molecule has 0 saturated heterocycles. The summed E-state index contributed by atoms with van der Waals surface area (Å²) in [6.45, 7) is 4.94. The van der Waals surface area contributed by atoms with Crippen molar-refractivity contribution >= 4 is 5.71 Å². The Kier molecular flexibility index (Phi) is 3.38. The molecule has 3 N–H and O–H groups in total. The number of aliphatic hydroxyl groups excluding tert-OH is 1. The Morgan fingerprint density at radius 2 is 1.77 bits per heavy atom. The summed E-state index contributed by atoms with van der Waals surface area (Å²) in [5, 5.41) is 14.5.